The molecule has 0 radical (unpaired) electrons. The summed E-state index contributed by atoms with van der Waals surface area (Å²) in [4.78, 5) is 12.0. The number of aryl methyl sites for hydroxylation is 1. The van der Waals surface area contributed by atoms with Gasteiger partial charge in [0, 0.05) is 17.4 Å². The zero-order valence-electron chi connectivity index (χ0n) is 16.2. The number of hydrogen-bond acceptors (Lipinski definition) is 6. The van der Waals surface area contributed by atoms with Crippen LogP contribution < -0.4 is 10.1 Å². The summed E-state index contributed by atoms with van der Waals surface area (Å²) in [5, 5.41) is 15.5. The first-order chi connectivity index (χ1) is 14.0. The molecule has 8 heteroatoms. The number of nitrogens with one attached hydrogen (secondary N) is 1. The molecule has 8 nitrogen and oxygen atoms in total. The zero-order chi connectivity index (χ0) is 20.4. The minimum Gasteiger partial charge on any atom is -0.459 e. The highest BCUT2D eigenvalue weighted by Gasteiger charge is 2.11. The van der Waals surface area contributed by atoms with Gasteiger partial charge in [0.15, 0.2) is 11.6 Å². The Balaban J connectivity index is 1.43. The van der Waals surface area contributed by atoms with Crippen molar-refractivity contribution in [1.82, 2.24) is 20.0 Å². The van der Waals surface area contributed by atoms with Gasteiger partial charge in [0.25, 0.3) is 5.91 Å². The molecule has 0 aliphatic heterocycles. The Morgan fingerprint density at radius 1 is 1.03 bits per heavy atom. The van der Waals surface area contributed by atoms with E-state index in [0.29, 0.717) is 23.1 Å². The lowest BCUT2D eigenvalue weighted by molar-refractivity contribution is 0.0996. The van der Waals surface area contributed by atoms with E-state index >= 15 is 0 Å². The smallest absolute Gasteiger partial charge is 0.291 e. The van der Waals surface area contributed by atoms with Crippen molar-refractivity contribution < 1.29 is 13.9 Å². The van der Waals surface area contributed by atoms with Crippen LogP contribution in [0.15, 0.2) is 59.2 Å². The van der Waals surface area contributed by atoms with Crippen LogP contribution >= 0.6 is 0 Å². The summed E-state index contributed by atoms with van der Waals surface area (Å²) in [5.41, 5.74) is 3.74. The van der Waals surface area contributed by atoms with E-state index in [0.717, 1.165) is 17.0 Å². The first kappa shape index (κ1) is 18.4. The van der Waals surface area contributed by atoms with Crippen LogP contribution in [0.2, 0.25) is 0 Å². The highest BCUT2D eigenvalue weighted by atomic mass is 16.5. The molecule has 1 aromatic carbocycles. The van der Waals surface area contributed by atoms with Crippen molar-refractivity contribution in [2.75, 3.05) is 5.32 Å². The van der Waals surface area contributed by atoms with Crippen LogP contribution in [-0.4, -0.2) is 25.9 Å². The summed E-state index contributed by atoms with van der Waals surface area (Å²) in [6.45, 7) is 5.98. The van der Waals surface area contributed by atoms with Crippen LogP contribution in [0.1, 0.15) is 27.5 Å². The number of carbonyl (C=O) groups excluding carboxylic acids is 1. The minimum absolute atomic E-state index is 0.249. The summed E-state index contributed by atoms with van der Waals surface area (Å²) in [6, 6.07) is 13.7. The van der Waals surface area contributed by atoms with Crippen LogP contribution in [-0.2, 0) is 0 Å². The van der Waals surface area contributed by atoms with Gasteiger partial charge < -0.3 is 14.5 Å². The number of benzene rings is 1. The second-order valence-corrected chi connectivity index (χ2v) is 6.50. The van der Waals surface area contributed by atoms with Crippen LogP contribution in [0.3, 0.4) is 0 Å². The van der Waals surface area contributed by atoms with Crippen molar-refractivity contribution in [1.29, 1.82) is 0 Å². The molecule has 0 unspecified atom stereocenters. The van der Waals surface area contributed by atoms with Gasteiger partial charge in [-0.05, 0) is 68.8 Å². The number of hydrogen-bond donors (Lipinski definition) is 1. The fourth-order valence-electron chi connectivity index (χ4n) is 2.75. The summed E-state index contributed by atoms with van der Waals surface area (Å²) >= 11 is 0. The average Bonchev–Trinajstić information content (AvgIpc) is 3.35. The van der Waals surface area contributed by atoms with Crippen molar-refractivity contribution in [3.05, 3.63) is 77.5 Å². The highest BCUT2D eigenvalue weighted by molar-refractivity contribution is 6.02. The van der Waals surface area contributed by atoms with Gasteiger partial charge in [-0.2, -0.15) is 5.10 Å². The second kappa shape index (κ2) is 7.59. The van der Waals surface area contributed by atoms with Gasteiger partial charge in [-0.25, -0.2) is 4.68 Å². The SMILES string of the molecule is Cc1nn(-c2ccc(Oc3ccc(NC(=O)c4ccco4)cc3)nn2)c(C)c1C. The Hall–Kier alpha value is -3.94. The van der Waals surface area contributed by atoms with E-state index in [2.05, 4.69) is 20.6 Å². The van der Waals surface area contributed by atoms with E-state index in [-0.39, 0.29) is 11.7 Å². The Labute approximate surface area is 167 Å². The lowest BCUT2D eigenvalue weighted by Crippen LogP contribution is -2.10. The largest absolute Gasteiger partial charge is 0.459 e. The maximum Gasteiger partial charge on any atom is 0.291 e. The Morgan fingerprint density at radius 2 is 1.83 bits per heavy atom. The molecule has 3 aromatic heterocycles. The maximum atomic E-state index is 12.0. The van der Waals surface area contributed by atoms with Crippen molar-refractivity contribution in [3.63, 3.8) is 0 Å². The van der Waals surface area contributed by atoms with Gasteiger partial charge >= 0.3 is 0 Å². The van der Waals surface area contributed by atoms with E-state index in [1.807, 2.05) is 20.8 Å². The van der Waals surface area contributed by atoms with Crippen LogP contribution in [0.5, 0.6) is 11.6 Å². The molecule has 0 aliphatic rings. The third-order valence-corrected chi connectivity index (χ3v) is 4.58. The summed E-state index contributed by atoms with van der Waals surface area (Å²) < 4.78 is 12.6. The quantitative estimate of drug-likeness (QED) is 0.549. The van der Waals surface area contributed by atoms with E-state index in [4.69, 9.17) is 9.15 Å². The molecule has 3 heterocycles. The van der Waals surface area contributed by atoms with Gasteiger partial charge in [-0.1, -0.05) is 0 Å². The number of aromatic nitrogens is 4. The van der Waals surface area contributed by atoms with Gasteiger partial charge in [0.05, 0.1) is 12.0 Å². The zero-order valence-corrected chi connectivity index (χ0v) is 16.2. The highest BCUT2D eigenvalue weighted by Crippen LogP contribution is 2.22. The lowest BCUT2D eigenvalue weighted by atomic mass is 10.2. The second-order valence-electron chi connectivity index (χ2n) is 6.50. The standard InChI is InChI=1S/C21H19N5O3/c1-13-14(2)25-26(15(13)3)19-10-11-20(24-23-19)29-17-8-6-16(7-9-17)22-21(27)18-5-4-12-28-18/h4-12H,1-3H3,(H,22,27). The number of nitrogens with zero attached hydrogens (tertiary/aromatic N) is 4. The number of amides is 1. The van der Waals surface area contributed by atoms with Gasteiger partial charge in [0.2, 0.25) is 5.88 Å². The molecule has 0 spiro atoms. The normalized spacial score (nSPS) is 10.7. The van der Waals surface area contributed by atoms with Gasteiger partial charge in [0.1, 0.15) is 5.75 Å². The fourth-order valence-corrected chi connectivity index (χ4v) is 2.75. The predicted molar refractivity (Wildman–Crippen MR) is 107 cm³/mol. The summed E-state index contributed by atoms with van der Waals surface area (Å²) in [7, 11) is 0. The monoisotopic (exact) mass is 389 g/mol. The van der Waals surface area contributed by atoms with Crippen molar-refractivity contribution in [3.8, 4) is 17.4 Å². The van der Waals surface area contributed by atoms with Crippen molar-refractivity contribution in [2.45, 2.75) is 20.8 Å². The molecule has 0 atom stereocenters. The molecule has 4 aromatic rings. The summed E-state index contributed by atoms with van der Waals surface area (Å²) in [5.74, 6) is 1.49. The van der Waals surface area contributed by atoms with Crippen LogP contribution in [0.4, 0.5) is 5.69 Å². The van der Waals surface area contributed by atoms with E-state index in [1.54, 1.807) is 53.2 Å². The van der Waals surface area contributed by atoms with E-state index in [1.165, 1.54) is 6.26 Å². The average molecular weight is 389 g/mol. The fraction of sp³-hybridized carbons (Fsp3) is 0.143. The van der Waals surface area contributed by atoms with Gasteiger partial charge in [-0.3, -0.25) is 4.79 Å². The Morgan fingerprint density at radius 3 is 2.41 bits per heavy atom. The van der Waals surface area contributed by atoms with Crippen molar-refractivity contribution in [2.24, 2.45) is 0 Å². The molecule has 4 rings (SSSR count). The van der Waals surface area contributed by atoms with Crippen LogP contribution in [0.25, 0.3) is 5.82 Å². The molecule has 146 valence electrons. The first-order valence-electron chi connectivity index (χ1n) is 9.01. The Kier molecular flexibility index (Phi) is 4.82. The number of ether oxygens (including phenoxy) is 1. The number of furan rings is 1. The molecule has 0 saturated carbocycles. The molecule has 0 saturated heterocycles. The number of carbonyl (C=O) groups is 1. The van der Waals surface area contributed by atoms with E-state index < -0.39 is 0 Å². The molecule has 0 aliphatic carbocycles. The van der Waals surface area contributed by atoms with Crippen molar-refractivity contribution >= 4 is 11.6 Å². The number of anilines is 1. The Bertz CT molecular complexity index is 1130. The third kappa shape index (κ3) is 3.86. The molecule has 1 amide bonds. The van der Waals surface area contributed by atoms with Crippen LogP contribution in [0, 0.1) is 20.8 Å². The maximum absolute atomic E-state index is 12.0. The first-order valence-corrected chi connectivity index (χ1v) is 9.01. The lowest BCUT2D eigenvalue weighted by Gasteiger charge is -2.07. The predicted octanol–water partition coefficient (Wildman–Crippen LogP) is 4.23. The van der Waals surface area contributed by atoms with E-state index in [9.17, 15) is 4.79 Å². The molecule has 29 heavy (non-hydrogen) atoms. The van der Waals surface area contributed by atoms with Gasteiger partial charge in [-0.15, -0.1) is 10.2 Å². The molecule has 0 fully saturated rings. The summed E-state index contributed by atoms with van der Waals surface area (Å²) in [6.07, 6.45) is 1.45. The minimum atomic E-state index is -0.315. The topological polar surface area (TPSA) is 95.1 Å². The molecule has 1 N–H and O–H groups in total. The molecular formula is C21H19N5O3. The number of rotatable bonds is 5. The molecular weight excluding hydrogens is 370 g/mol. The molecule has 0 bridgehead atoms. The third-order valence-electron chi connectivity index (χ3n) is 4.58.